The second-order valence-electron chi connectivity index (χ2n) is 11.8. The van der Waals surface area contributed by atoms with E-state index in [9.17, 15) is 5.26 Å². The lowest BCUT2D eigenvalue weighted by molar-refractivity contribution is 0.943. The van der Waals surface area contributed by atoms with Crippen molar-refractivity contribution in [1.29, 1.82) is 5.26 Å². The van der Waals surface area contributed by atoms with E-state index >= 15 is 0 Å². The normalized spacial score (nSPS) is 11.6. The summed E-state index contributed by atoms with van der Waals surface area (Å²) in [5, 5.41) is 9.36. The first-order valence-corrected chi connectivity index (χ1v) is 16.4. The molecule has 0 saturated heterocycles. The smallest absolute Gasteiger partial charge is 0.159 e. The van der Waals surface area contributed by atoms with Gasteiger partial charge in [0.2, 0.25) is 0 Å². The molecule has 234 valence electrons. The highest BCUT2D eigenvalue weighted by molar-refractivity contribution is 5.79. The third-order valence-electron chi connectivity index (χ3n) is 8.64. The number of hydrogen-bond acceptors (Lipinski definition) is 4. The fourth-order valence-electron chi connectivity index (χ4n) is 6.18. The van der Waals surface area contributed by atoms with Crippen LogP contribution in [0.4, 0.5) is 17.1 Å². The molecule has 0 fully saturated rings. The minimum atomic E-state index is 0.00244. The van der Waals surface area contributed by atoms with Crippen LogP contribution in [0.5, 0.6) is 0 Å². The Bertz CT molecular complexity index is 2180. The van der Waals surface area contributed by atoms with E-state index in [0.717, 1.165) is 50.7 Å². The second-order valence-corrected chi connectivity index (χ2v) is 11.8. The van der Waals surface area contributed by atoms with Gasteiger partial charge in [0.25, 0.3) is 0 Å². The number of anilines is 3. The zero-order valence-corrected chi connectivity index (χ0v) is 27.2. The van der Waals surface area contributed by atoms with Crippen molar-refractivity contribution < 1.29 is 0 Å². The molecule has 7 rings (SSSR count). The Morgan fingerprint density at radius 3 is 1.57 bits per heavy atom. The van der Waals surface area contributed by atoms with E-state index in [2.05, 4.69) is 114 Å². The Hall–Kier alpha value is -6.57. The minimum Gasteiger partial charge on any atom is -0.311 e. The summed E-state index contributed by atoms with van der Waals surface area (Å²) in [5.41, 5.74) is 11.5. The highest BCUT2D eigenvalue weighted by Crippen LogP contribution is 2.37. The number of nitriles is 1. The van der Waals surface area contributed by atoms with Crippen LogP contribution in [-0.4, -0.2) is 9.97 Å². The highest BCUT2D eigenvalue weighted by atomic mass is 15.1. The first-order valence-electron chi connectivity index (χ1n) is 16.4. The number of rotatable bonds is 9. The van der Waals surface area contributed by atoms with Crippen molar-refractivity contribution in [3.8, 4) is 28.6 Å². The molecular formula is C45H34N4. The Balaban J connectivity index is 1.18. The molecule has 0 radical (unpaired) electrons. The van der Waals surface area contributed by atoms with Crippen LogP contribution < -0.4 is 4.90 Å². The molecule has 0 aliphatic rings. The van der Waals surface area contributed by atoms with E-state index in [1.54, 1.807) is 0 Å². The maximum atomic E-state index is 9.36. The van der Waals surface area contributed by atoms with Crippen LogP contribution in [-0.2, 0) is 0 Å². The van der Waals surface area contributed by atoms with E-state index in [1.165, 1.54) is 11.1 Å². The zero-order valence-electron chi connectivity index (χ0n) is 27.2. The van der Waals surface area contributed by atoms with Crippen LogP contribution in [0.1, 0.15) is 40.7 Å². The molecule has 0 aliphatic carbocycles. The van der Waals surface area contributed by atoms with Gasteiger partial charge in [-0.2, -0.15) is 5.26 Å². The van der Waals surface area contributed by atoms with Crippen LogP contribution in [0, 0.1) is 11.3 Å². The van der Waals surface area contributed by atoms with Gasteiger partial charge in [-0.15, -0.1) is 0 Å². The van der Waals surface area contributed by atoms with Gasteiger partial charge in [-0.1, -0.05) is 121 Å². The highest BCUT2D eigenvalue weighted by Gasteiger charge is 2.19. The van der Waals surface area contributed by atoms with Gasteiger partial charge in [-0.25, -0.2) is 9.97 Å². The van der Waals surface area contributed by atoms with Crippen molar-refractivity contribution in [3.05, 3.63) is 204 Å². The third kappa shape index (κ3) is 6.93. The molecule has 6 aromatic carbocycles. The first-order chi connectivity index (χ1) is 24.2. The molecule has 4 heteroatoms. The quantitative estimate of drug-likeness (QED) is 0.159. The first kappa shape index (κ1) is 31.1. The van der Waals surface area contributed by atoms with Crippen LogP contribution >= 0.6 is 0 Å². The number of aromatic nitrogens is 2. The average Bonchev–Trinajstić information content (AvgIpc) is 3.18. The van der Waals surface area contributed by atoms with Crippen LogP contribution in [0.3, 0.4) is 0 Å². The fourth-order valence-corrected chi connectivity index (χ4v) is 6.18. The summed E-state index contributed by atoms with van der Waals surface area (Å²) in [6, 6.07) is 56.5. The van der Waals surface area contributed by atoms with Gasteiger partial charge in [0.05, 0.1) is 11.6 Å². The molecule has 49 heavy (non-hydrogen) atoms. The van der Waals surface area contributed by atoms with Crippen molar-refractivity contribution in [2.75, 3.05) is 4.90 Å². The monoisotopic (exact) mass is 630 g/mol. The second kappa shape index (κ2) is 14.5. The SMILES string of the molecule is C/C=C/c1ccc(N(c2ccc(C#N)cc2)c2ccc(-c3ccc(C(c4ccccc4)c4cnc(-c5ccccc5)nc4)cc3)cc2)cc1. The molecule has 4 nitrogen and oxygen atoms in total. The summed E-state index contributed by atoms with van der Waals surface area (Å²) >= 11 is 0. The van der Waals surface area contributed by atoms with Crippen LogP contribution in [0.25, 0.3) is 28.6 Å². The van der Waals surface area contributed by atoms with E-state index in [-0.39, 0.29) is 5.92 Å². The van der Waals surface area contributed by atoms with Crippen LogP contribution in [0.15, 0.2) is 176 Å². The molecule has 1 aromatic heterocycles. The van der Waals surface area contributed by atoms with E-state index in [0.29, 0.717) is 5.56 Å². The largest absolute Gasteiger partial charge is 0.311 e. The lowest BCUT2D eigenvalue weighted by Crippen LogP contribution is -2.09. The van der Waals surface area contributed by atoms with Crippen molar-refractivity contribution in [2.24, 2.45) is 0 Å². The maximum Gasteiger partial charge on any atom is 0.159 e. The Labute approximate surface area is 288 Å². The van der Waals surface area contributed by atoms with Crippen molar-refractivity contribution in [1.82, 2.24) is 9.97 Å². The molecule has 0 aliphatic heterocycles. The summed E-state index contributed by atoms with van der Waals surface area (Å²) in [4.78, 5) is 11.7. The molecule has 1 unspecified atom stereocenters. The Kier molecular flexibility index (Phi) is 9.16. The molecule has 0 amide bonds. The van der Waals surface area contributed by atoms with Crippen molar-refractivity contribution in [2.45, 2.75) is 12.8 Å². The van der Waals surface area contributed by atoms with E-state index in [1.807, 2.05) is 86.1 Å². The summed E-state index contributed by atoms with van der Waals surface area (Å²) in [6.07, 6.45) is 8.03. The molecule has 7 aromatic rings. The van der Waals surface area contributed by atoms with E-state index in [4.69, 9.17) is 9.97 Å². The van der Waals surface area contributed by atoms with Gasteiger partial charge in [0, 0.05) is 46.5 Å². The third-order valence-corrected chi connectivity index (χ3v) is 8.64. The lowest BCUT2D eigenvalue weighted by Gasteiger charge is -2.26. The summed E-state index contributed by atoms with van der Waals surface area (Å²) in [7, 11) is 0. The van der Waals surface area contributed by atoms with Crippen molar-refractivity contribution >= 4 is 23.1 Å². The van der Waals surface area contributed by atoms with Gasteiger partial charge in [-0.05, 0) is 83.3 Å². The standard InChI is InChI=1S/C45H34N4/c1-2-9-33-14-24-41(25-15-33)49(42-26-16-34(30-46)17-27-42)43-28-22-36(23-29-43)35-18-20-38(21-19-35)44(37-10-5-3-6-11-37)40-31-47-45(48-32-40)39-12-7-4-8-13-39/h2-29,31-32,44H,1H3/b9-2+. The van der Waals surface area contributed by atoms with Gasteiger partial charge in [-0.3, -0.25) is 0 Å². The lowest BCUT2D eigenvalue weighted by atomic mass is 9.86. The van der Waals surface area contributed by atoms with Gasteiger partial charge in [0.1, 0.15) is 0 Å². The molecule has 0 bridgehead atoms. The van der Waals surface area contributed by atoms with Crippen LogP contribution in [0.2, 0.25) is 0 Å². The van der Waals surface area contributed by atoms with Gasteiger partial charge in [0.15, 0.2) is 5.82 Å². The minimum absolute atomic E-state index is 0.00244. The number of nitrogens with zero attached hydrogens (tertiary/aromatic N) is 4. The molecular weight excluding hydrogens is 597 g/mol. The van der Waals surface area contributed by atoms with Gasteiger partial charge >= 0.3 is 0 Å². The number of benzene rings is 6. The fraction of sp³-hybridized carbons (Fsp3) is 0.0444. The zero-order chi connectivity index (χ0) is 33.4. The number of allylic oxidation sites excluding steroid dienone is 1. The molecule has 0 spiro atoms. The van der Waals surface area contributed by atoms with E-state index < -0.39 is 0 Å². The topological polar surface area (TPSA) is 52.8 Å². The van der Waals surface area contributed by atoms with Crippen molar-refractivity contribution in [3.63, 3.8) is 0 Å². The summed E-state index contributed by atoms with van der Waals surface area (Å²) < 4.78 is 0. The molecule has 0 saturated carbocycles. The predicted octanol–water partition coefficient (Wildman–Crippen LogP) is 11.4. The summed E-state index contributed by atoms with van der Waals surface area (Å²) in [5.74, 6) is 0.723. The summed E-state index contributed by atoms with van der Waals surface area (Å²) in [6.45, 7) is 2.02. The Morgan fingerprint density at radius 1 is 0.531 bits per heavy atom. The molecule has 0 N–H and O–H groups in total. The van der Waals surface area contributed by atoms with Gasteiger partial charge < -0.3 is 4.90 Å². The Morgan fingerprint density at radius 2 is 1.02 bits per heavy atom. The molecule has 1 atom stereocenters. The predicted molar refractivity (Wildman–Crippen MR) is 201 cm³/mol. The molecule has 1 heterocycles. The average molecular weight is 631 g/mol. The number of hydrogen-bond donors (Lipinski definition) is 0. The maximum absolute atomic E-state index is 9.36.